The molecule has 1 N–H and O–H groups in total. The summed E-state index contributed by atoms with van der Waals surface area (Å²) in [4.78, 5) is 14.4. The molecule has 0 fully saturated rings. The number of amides is 1. The fraction of sp³-hybridized carbons (Fsp3) is 0.526. The van der Waals surface area contributed by atoms with Crippen LogP contribution in [0.3, 0.4) is 0 Å². The zero-order chi connectivity index (χ0) is 15.2. The van der Waals surface area contributed by atoms with E-state index in [1.165, 1.54) is 42.5 Å². The largest absolute Gasteiger partial charge is 0.362 e. The molecule has 118 valence electrons. The van der Waals surface area contributed by atoms with Crippen molar-refractivity contribution < 1.29 is 4.79 Å². The molecule has 3 nitrogen and oxygen atoms in total. The van der Waals surface area contributed by atoms with Gasteiger partial charge in [0.05, 0.1) is 6.54 Å². The summed E-state index contributed by atoms with van der Waals surface area (Å²) in [6, 6.07) is 8.45. The third-order valence-electron chi connectivity index (χ3n) is 4.69. The number of carbonyl (C=O) groups is 1. The van der Waals surface area contributed by atoms with Crippen molar-refractivity contribution >= 4 is 11.6 Å². The van der Waals surface area contributed by atoms with E-state index in [0.717, 1.165) is 32.4 Å². The Morgan fingerprint density at radius 3 is 2.91 bits per heavy atom. The second-order valence-corrected chi connectivity index (χ2v) is 6.36. The van der Waals surface area contributed by atoms with E-state index in [4.69, 9.17) is 0 Å². The molecule has 0 bridgehead atoms. The topological polar surface area (TPSA) is 32.3 Å². The predicted octanol–water partition coefficient (Wildman–Crippen LogP) is 3.45. The number of benzene rings is 1. The Kier molecular flexibility index (Phi) is 5.15. The molecule has 1 aromatic carbocycles. The molecule has 0 atom stereocenters. The average molecular weight is 298 g/mol. The van der Waals surface area contributed by atoms with Crippen LogP contribution in [0.2, 0.25) is 0 Å². The minimum absolute atomic E-state index is 0.146. The molecule has 0 spiro atoms. The first-order chi connectivity index (χ1) is 10.8. The second kappa shape index (κ2) is 7.48. The molecule has 1 aliphatic carbocycles. The van der Waals surface area contributed by atoms with Gasteiger partial charge in [-0.25, -0.2) is 0 Å². The Morgan fingerprint density at radius 1 is 1.14 bits per heavy atom. The van der Waals surface area contributed by atoms with Crippen LogP contribution >= 0.6 is 0 Å². The van der Waals surface area contributed by atoms with Crippen LogP contribution in [0.15, 0.2) is 35.9 Å². The van der Waals surface area contributed by atoms with Crippen LogP contribution in [0.25, 0.3) is 0 Å². The van der Waals surface area contributed by atoms with Gasteiger partial charge in [-0.15, -0.1) is 0 Å². The number of hydrogen-bond donors (Lipinski definition) is 1. The molecule has 0 radical (unpaired) electrons. The van der Waals surface area contributed by atoms with Crippen LogP contribution in [0.4, 0.5) is 5.69 Å². The van der Waals surface area contributed by atoms with Gasteiger partial charge in [-0.3, -0.25) is 4.79 Å². The van der Waals surface area contributed by atoms with E-state index in [9.17, 15) is 4.79 Å². The van der Waals surface area contributed by atoms with Gasteiger partial charge in [0.1, 0.15) is 0 Å². The fourth-order valence-electron chi connectivity index (χ4n) is 3.50. The SMILES string of the molecule is O=C(CN1CCCc2ccccc21)NCCC1=CCCCC1. The Labute approximate surface area is 133 Å². The number of carbonyl (C=O) groups excluding carboxylic acids is 1. The molecular weight excluding hydrogens is 272 g/mol. The summed E-state index contributed by atoms with van der Waals surface area (Å²) in [6.45, 7) is 2.24. The Morgan fingerprint density at radius 2 is 2.05 bits per heavy atom. The summed E-state index contributed by atoms with van der Waals surface area (Å²) >= 11 is 0. The maximum atomic E-state index is 12.2. The van der Waals surface area contributed by atoms with E-state index < -0.39 is 0 Å². The lowest BCUT2D eigenvalue weighted by Crippen LogP contribution is -2.40. The van der Waals surface area contributed by atoms with E-state index in [2.05, 4.69) is 40.6 Å². The summed E-state index contributed by atoms with van der Waals surface area (Å²) in [5.74, 6) is 0.146. The summed E-state index contributed by atoms with van der Waals surface area (Å²) in [5, 5.41) is 3.09. The zero-order valence-electron chi connectivity index (χ0n) is 13.3. The minimum atomic E-state index is 0.146. The van der Waals surface area contributed by atoms with E-state index in [1.807, 2.05) is 0 Å². The number of para-hydroxylation sites is 1. The first kappa shape index (κ1) is 15.1. The summed E-state index contributed by atoms with van der Waals surface area (Å²) in [7, 11) is 0. The molecule has 1 aromatic rings. The molecule has 0 saturated carbocycles. The van der Waals surface area contributed by atoms with Crippen molar-refractivity contribution in [1.82, 2.24) is 5.32 Å². The predicted molar refractivity (Wildman–Crippen MR) is 91.2 cm³/mol. The summed E-state index contributed by atoms with van der Waals surface area (Å²) in [5.41, 5.74) is 4.13. The number of anilines is 1. The molecule has 1 amide bonds. The van der Waals surface area contributed by atoms with Crippen LogP contribution in [0, 0.1) is 0 Å². The molecule has 0 unspecified atom stereocenters. The molecule has 3 rings (SSSR count). The van der Waals surface area contributed by atoms with E-state index in [-0.39, 0.29) is 5.91 Å². The molecule has 22 heavy (non-hydrogen) atoms. The Hall–Kier alpha value is -1.77. The first-order valence-corrected chi connectivity index (χ1v) is 8.60. The monoisotopic (exact) mass is 298 g/mol. The fourth-order valence-corrected chi connectivity index (χ4v) is 3.50. The second-order valence-electron chi connectivity index (χ2n) is 6.36. The smallest absolute Gasteiger partial charge is 0.239 e. The van der Waals surface area contributed by atoms with Crippen LogP contribution in [0.1, 0.15) is 44.1 Å². The molecule has 2 aliphatic rings. The zero-order valence-corrected chi connectivity index (χ0v) is 13.3. The van der Waals surface area contributed by atoms with Gasteiger partial charge in [-0.1, -0.05) is 29.8 Å². The number of allylic oxidation sites excluding steroid dienone is 1. The maximum absolute atomic E-state index is 12.2. The van der Waals surface area contributed by atoms with Gasteiger partial charge >= 0.3 is 0 Å². The molecule has 1 aliphatic heterocycles. The van der Waals surface area contributed by atoms with Gasteiger partial charge in [0, 0.05) is 18.8 Å². The lowest BCUT2D eigenvalue weighted by molar-refractivity contribution is -0.119. The van der Waals surface area contributed by atoms with Crippen molar-refractivity contribution in [2.45, 2.75) is 44.9 Å². The van der Waals surface area contributed by atoms with Gasteiger partial charge in [-0.2, -0.15) is 0 Å². The van der Waals surface area contributed by atoms with Gasteiger partial charge in [0.15, 0.2) is 0 Å². The average Bonchev–Trinajstić information content (AvgIpc) is 2.56. The van der Waals surface area contributed by atoms with Crippen LogP contribution in [0.5, 0.6) is 0 Å². The van der Waals surface area contributed by atoms with Gasteiger partial charge in [-0.05, 0) is 56.6 Å². The van der Waals surface area contributed by atoms with Crippen molar-refractivity contribution in [2.24, 2.45) is 0 Å². The summed E-state index contributed by atoms with van der Waals surface area (Å²) in [6.07, 6.45) is 10.7. The Bertz CT molecular complexity index is 550. The maximum Gasteiger partial charge on any atom is 0.239 e. The van der Waals surface area contributed by atoms with Crippen molar-refractivity contribution in [3.8, 4) is 0 Å². The standard InChI is InChI=1S/C19H26N2O/c22-19(20-13-12-16-7-2-1-3-8-16)15-21-14-6-10-17-9-4-5-11-18(17)21/h4-5,7,9,11H,1-3,6,8,10,12-15H2,(H,20,22). The number of nitrogens with one attached hydrogen (secondary N) is 1. The van der Waals surface area contributed by atoms with Crippen molar-refractivity contribution in [3.05, 3.63) is 41.5 Å². The first-order valence-electron chi connectivity index (χ1n) is 8.60. The molecule has 1 heterocycles. The molecule has 0 aromatic heterocycles. The van der Waals surface area contributed by atoms with Gasteiger partial charge in [0.2, 0.25) is 5.91 Å². The lowest BCUT2D eigenvalue weighted by atomic mass is 9.97. The van der Waals surface area contributed by atoms with Crippen LogP contribution < -0.4 is 10.2 Å². The lowest BCUT2D eigenvalue weighted by Gasteiger charge is -2.30. The number of nitrogens with zero attached hydrogens (tertiary/aromatic N) is 1. The van der Waals surface area contributed by atoms with Gasteiger partial charge in [0.25, 0.3) is 0 Å². The normalized spacial score (nSPS) is 17.6. The van der Waals surface area contributed by atoms with Crippen molar-refractivity contribution in [2.75, 3.05) is 24.5 Å². The van der Waals surface area contributed by atoms with E-state index in [1.54, 1.807) is 0 Å². The van der Waals surface area contributed by atoms with Crippen LogP contribution in [-0.4, -0.2) is 25.5 Å². The summed E-state index contributed by atoms with van der Waals surface area (Å²) < 4.78 is 0. The van der Waals surface area contributed by atoms with Crippen molar-refractivity contribution in [3.63, 3.8) is 0 Å². The van der Waals surface area contributed by atoms with Crippen LogP contribution in [-0.2, 0) is 11.2 Å². The van der Waals surface area contributed by atoms with Crippen molar-refractivity contribution in [1.29, 1.82) is 0 Å². The highest BCUT2D eigenvalue weighted by Gasteiger charge is 2.18. The third kappa shape index (κ3) is 3.90. The van der Waals surface area contributed by atoms with E-state index >= 15 is 0 Å². The highest BCUT2D eigenvalue weighted by Crippen LogP contribution is 2.26. The highest BCUT2D eigenvalue weighted by atomic mass is 16.2. The molecule has 0 saturated heterocycles. The Balaban J connectivity index is 1.47. The third-order valence-corrected chi connectivity index (χ3v) is 4.69. The number of aryl methyl sites for hydroxylation is 1. The van der Waals surface area contributed by atoms with Gasteiger partial charge < -0.3 is 10.2 Å². The molecule has 3 heteroatoms. The van der Waals surface area contributed by atoms with E-state index in [0.29, 0.717) is 6.54 Å². The quantitative estimate of drug-likeness (QED) is 0.845. The highest BCUT2D eigenvalue weighted by molar-refractivity contribution is 5.81. The number of hydrogen-bond acceptors (Lipinski definition) is 2. The number of fused-ring (bicyclic) bond motifs is 1. The molecular formula is C19H26N2O. The minimum Gasteiger partial charge on any atom is -0.362 e. The number of rotatable bonds is 5.